The largest absolute Gasteiger partial charge is 0.379 e. The molecule has 0 aliphatic carbocycles. The zero-order chi connectivity index (χ0) is 16.7. The molecular weight excluding hydrogens is 300 g/mol. The minimum Gasteiger partial charge on any atom is -0.379 e. The number of benzene rings is 1. The highest BCUT2D eigenvalue weighted by atomic mass is 16.2. The number of nitrogens with zero attached hydrogens (tertiary/aromatic N) is 3. The van der Waals surface area contributed by atoms with Crippen molar-refractivity contribution in [3.8, 4) is 0 Å². The normalized spacial score (nSPS) is 17.0. The molecular formula is C19H20N4O. The van der Waals surface area contributed by atoms with E-state index >= 15 is 0 Å². The van der Waals surface area contributed by atoms with Crippen LogP contribution >= 0.6 is 0 Å². The number of para-hydroxylation sites is 2. The number of carbonyl (C=O) groups is 1. The quantitative estimate of drug-likeness (QED) is 0.787. The maximum atomic E-state index is 13.2. The third-order valence-electron chi connectivity index (χ3n) is 4.60. The molecule has 2 aromatic heterocycles. The number of anilines is 2. The van der Waals surface area contributed by atoms with Gasteiger partial charge in [-0.3, -0.25) is 4.79 Å². The van der Waals surface area contributed by atoms with Crippen LogP contribution in [0.5, 0.6) is 0 Å². The number of fused-ring (bicyclic) bond motifs is 2. The van der Waals surface area contributed by atoms with Crippen molar-refractivity contribution >= 4 is 22.9 Å². The van der Waals surface area contributed by atoms with Gasteiger partial charge in [-0.15, -0.1) is 0 Å². The van der Waals surface area contributed by atoms with Crippen molar-refractivity contribution in [2.24, 2.45) is 5.92 Å². The fourth-order valence-corrected chi connectivity index (χ4v) is 3.14. The second kappa shape index (κ2) is 5.67. The van der Waals surface area contributed by atoms with Gasteiger partial charge in [-0.05, 0) is 30.2 Å². The molecule has 1 aromatic carbocycles. The van der Waals surface area contributed by atoms with Gasteiger partial charge in [0.2, 0.25) is 0 Å². The van der Waals surface area contributed by atoms with Crippen LogP contribution in [-0.2, 0) is 0 Å². The topological polar surface area (TPSA) is 49.6 Å². The predicted molar refractivity (Wildman–Crippen MR) is 95.6 cm³/mol. The second-order valence-corrected chi connectivity index (χ2v) is 6.54. The number of hydrogen-bond donors (Lipinski definition) is 1. The van der Waals surface area contributed by atoms with Gasteiger partial charge in [0.25, 0.3) is 5.91 Å². The van der Waals surface area contributed by atoms with Gasteiger partial charge in [0, 0.05) is 31.2 Å². The van der Waals surface area contributed by atoms with Crippen molar-refractivity contribution < 1.29 is 4.79 Å². The first-order valence-electron chi connectivity index (χ1n) is 8.23. The van der Waals surface area contributed by atoms with E-state index < -0.39 is 0 Å². The van der Waals surface area contributed by atoms with Crippen LogP contribution in [0.15, 0.2) is 55.0 Å². The van der Waals surface area contributed by atoms with Crippen LogP contribution in [0, 0.1) is 5.92 Å². The average Bonchev–Trinajstić information content (AvgIpc) is 3.07. The summed E-state index contributed by atoms with van der Waals surface area (Å²) in [6, 6.07) is 11.9. The van der Waals surface area contributed by atoms with Gasteiger partial charge >= 0.3 is 0 Å². The second-order valence-electron chi connectivity index (χ2n) is 6.54. The molecule has 0 spiro atoms. The maximum absolute atomic E-state index is 13.2. The lowest BCUT2D eigenvalue weighted by atomic mass is 9.99. The Bertz CT molecular complexity index is 899. The molecule has 0 bridgehead atoms. The van der Waals surface area contributed by atoms with Gasteiger partial charge in [0.15, 0.2) is 0 Å². The van der Waals surface area contributed by atoms with Crippen LogP contribution < -0.4 is 10.2 Å². The molecule has 0 saturated heterocycles. The molecule has 1 aliphatic heterocycles. The molecule has 1 aliphatic rings. The summed E-state index contributed by atoms with van der Waals surface area (Å²) in [6.07, 6.45) is 5.44. The highest BCUT2D eigenvalue weighted by Gasteiger charge is 2.30. The molecule has 24 heavy (non-hydrogen) atoms. The fraction of sp³-hybridized carbons (Fsp3) is 0.263. The Hall–Kier alpha value is -2.82. The molecule has 1 N–H and O–H groups in total. The molecule has 3 heterocycles. The molecule has 1 atom stereocenters. The summed E-state index contributed by atoms with van der Waals surface area (Å²) in [5.74, 6) is 0.454. The summed E-state index contributed by atoms with van der Waals surface area (Å²) in [7, 11) is 0. The minimum atomic E-state index is 0.0187. The van der Waals surface area contributed by atoms with Crippen molar-refractivity contribution in [3.05, 3.63) is 60.6 Å². The van der Waals surface area contributed by atoms with Gasteiger partial charge in [-0.25, -0.2) is 4.98 Å². The van der Waals surface area contributed by atoms with Gasteiger partial charge < -0.3 is 14.6 Å². The molecule has 0 saturated carbocycles. The Morgan fingerprint density at radius 1 is 1.25 bits per heavy atom. The molecule has 4 rings (SSSR count). The summed E-state index contributed by atoms with van der Waals surface area (Å²) in [4.78, 5) is 19.3. The summed E-state index contributed by atoms with van der Waals surface area (Å²) in [5, 5.41) is 3.55. The van der Waals surface area contributed by atoms with Crippen molar-refractivity contribution in [1.29, 1.82) is 0 Å². The Kier molecular flexibility index (Phi) is 3.49. The number of hydrogen-bond acceptors (Lipinski definition) is 3. The molecule has 0 radical (unpaired) electrons. The smallest absolute Gasteiger partial charge is 0.259 e. The molecule has 1 unspecified atom stereocenters. The molecule has 1 amide bonds. The molecule has 3 aromatic rings. The SMILES string of the molecule is CC(C)C1CN(C(=O)c2ccc3nccn3c2)c2ccccc2N1. The highest BCUT2D eigenvalue weighted by Crippen LogP contribution is 2.33. The lowest BCUT2D eigenvalue weighted by Gasteiger charge is -2.37. The number of pyridine rings is 1. The van der Waals surface area contributed by atoms with Crippen LogP contribution in [0.1, 0.15) is 24.2 Å². The maximum Gasteiger partial charge on any atom is 0.259 e. The third kappa shape index (κ3) is 2.42. The fourth-order valence-electron chi connectivity index (χ4n) is 3.14. The summed E-state index contributed by atoms with van der Waals surface area (Å²) >= 11 is 0. The standard InChI is InChI=1S/C19H20N4O/c1-13(2)16-12-23(17-6-4-3-5-15(17)21-16)19(24)14-7-8-18-20-9-10-22(18)11-14/h3-11,13,16,21H,12H2,1-2H3. The van der Waals surface area contributed by atoms with Gasteiger partial charge in [-0.2, -0.15) is 0 Å². The predicted octanol–water partition coefficient (Wildman–Crippen LogP) is 3.43. The monoisotopic (exact) mass is 320 g/mol. The number of nitrogens with one attached hydrogen (secondary N) is 1. The van der Waals surface area contributed by atoms with Gasteiger partial charge in [0.1, 0.15) is 5.65 Å². The van der Waals surface area contributed by atoms with Crippen molar-refractivity contribution in [3.63, 3.8) is 0 Å². The molecule has 5 nitrogen and oxygen atoms in total. The van der Waals surface area contributed by atoms with Crippen LogP contribution in [-0.4, -0.2) is 27.9 Å². The lowest BCUT2D eigenvalue weighted by molar-refractivity contribution is 0.0983. The zero-order valence-electron chi connectivity index (χ0n) is 13.8. The first kappa shape index (κ1) is 14.8. The number of carbonyl (C=O) groups excluding carboxylic acids is 1. The Morgan fingerprint density at radius 3 is 2.92 bits per heavy atom. The van der Waals surface area contributed by atoms with Gasteiger partial charge in [0.05, 0.1) is 16.9 Å². The number of rotatable bonds is 2. The van der Waals surface area contributed by atoms with Gasteiger partial charge in [-0.1, -0.05) is 26.0 Å². The van der Waals surface area contributed by atoms with Crippen LogP contribution in [0.3, 0.4) is 0 Å². The van der Waals surface area contributed by atoms with E-state index in [1.54, 1.807) is 6.20 Å². The van der Waals surface area contributed by atoms with E-state index in [0.717, 1.165) is 17.0 Å². The van der Waals surface area contributed by atoms with E-state index in [4.69, 9.17) is 0 Å². The van der Waals surface area contributed by atoms with Crippen molar-refractivity contribution in [2.75, 3.05) is 16.8 Å². The summed E-state index contributed by atoms with van der Waals surface area (Å²) < 4.78 is 1.88. The molecule has 0 fully saturated rings. The first-order chi connectivity index (χ1) is 11.6. The Balaban J connectivity index is 1.74. The molecule has 122 valence electrons. The van der Waals surface area contributed by atoms with E-state index in [1.165, 1.54) is 0 Å². The Morgan fingerprint density at radius 2 is 2.08 bits per heavy atom. The summed E-state index contributed by atoms with van der Waals surface area (Å²) in [6.45, 7) is 5.01. The van der Waals surface area contributed by atoms with Crippen molar-refractivity contribution in [2.45, 2.75) is 19.9 Å². The lowest BCUT2D eigenvalue weighted by Crippen LogP contribution is -2.47. The first-order valence-corrected chi connectivity index (χ1v) is 8.23. The average molecular weight is 320 g/mol. The van der Waals surface area contributed by atoms with E-state index in [-0.39, 0.29) is 11.9 Å². The van der Waals surface area contributed by atoms with Crippen LogP contribution in [0.2, 0.25) is 0 Å². The van der Waals surface area contributed by atoms with Crippen molar-refractivity contribution in [1.82, 2.24) is 9.38 Å². The summed E-state index contributed by atoms with van der Waals surface area (Å²) in [5.41, 5.74) is 3.46. The number of amides is 1. The minimum absolute atomic E-state index is 0.0187. The third-order valence-corrected chi connectivity index (χ3v) is 4.60. The molecule has 5 heteroatoms. The van der Waals surface area contributed by atoms with E-state index in [0.29, 0.717) is 18.0 Å². The number of imidazole rings is 1. The Labute approximate surface area is 140 Å². The van der Waals surface area contributed by atoms with E-state index in [9.17, 15) is 4.79 Å². The highest BCUT2D eigenvalue weighted by molar-refractivity contribution is 6.08. The van der Waals surface area contributed by atoms with E-state index in [2.05, 4.69) is 24.1 Å². The number of aromatic nitrogens is 2. The van der Waals surface area contributed by atoms with Crippen LogP contribution in [0.4, 0.5) is 11.4 Å². The van der Waals surface area contributed by atoms with Crippen LogP contribution in [0.25, 0.3) is 5.65 Å². The zero-order valence-corrected chi connectivity index (χ0v) is 13.8. The van der Waals surface area contributed by atoms with E-state index in [1.807, 2.05) is 58.1 Å².